The van der Waals surface area contributed by atoms with Crippen molar-refractivity contribution in [1.29, 1.82) is 0 Å². The van der Waals surface area contributed by atoms with Crippen LogP contribution in [0, 0.1) is 0 Å². The van der Waals surface area contributed by atoms with Crippen molar-refractivity contribution < 1.29 is 9.53 Å². The zero-order valence-electron chi connectivity index (χ0n) is 14.1. The zero-order valence-corrected chi connectivity index (χ0v) is 14.1. The second kappa shape index (κ2) is 7.57. The molecule has 0 aliphatic heterocycles. The number of anilines is 1. The Hall–Kier alpha value is -3.22. The normalized spacial score (nSPS) is 11.8. The van der Waals surface area contributed by atoms with Crippen LogP contribution in [-0.2, 0) is 11.2 Å². The lowest BCUT2D eigenvalue weighted by Crippen LogP contribution is -2.30. The van der Waals surface area contributed by atoms with Gasteiger partial charge in [-0.15, -0.1) is 5.10 Å². The van der Waals surface area contributed by atoms with Crippen molar-refractivity contribution in [2.24, 2.45) is 0 Å². The fraction of sp³-hybridized carbons (Fsp3) is 0.222. The number of hydrogen-bond acceptors (Lipinski definition) is 5. The monoisotopic (exact) mass is 337 g/mol. The van der Waals surface area contributed by atoms with Crippen LogP contribution in [-0.4, -0.2) is 32.2 Å². The maximum absolute atomic E-state index is 12.3. The van der Waals surface area contributed by atoms with E-state index in [1.165, 1.54) is 16.6 Å². The number of ether oxygens (including phenoxy) is 1. The van der Waals surface area contributed by atoms with Crippen molar-refractivity contribution in [2.45, 2.75) is 26.4 Å². The Labute approximate surface area is 145 Å². The third-order valence-corrected chi connectivity index (χ3v) is 3.76. The molecule has 25 heavy (non-hydrogen) atoms. The highest BCUT2D eigenvalue weighted by molar-refractivity contribution is 5.94. The maximum Gasteiger partial charge on any atom is 0.265 e. The van der Waals surface area contributed by atoms with Crippen molar-refractivity contribution >= 4 is 11.6 Å². The first kappa shape index (κ1) is 16.6. The predicted octanol–water partition coefficient (Wildman–Crippen LogP) is 2.63. The van der Waals surface area contributed by atoms with Crippen LogP contribution in [0.5, 0.6) is 5.75 Å². The molecular weight excluding hydrogens is 318 g/mol. The Kier molecular flexibility index (Phi) is 5.03. The lowest BCUT2D eigenvalue weighted by atomic mass is 10.2. The van der Waals surface area contributed by atoms with Crippen LogP contribution in [0.1, 0.15) is 19.4 Å². The molecule has 0 saturated heterocycles. The largest absolute Gasteiger partial charge is 0.481 e. The molecular formula is C18H19N5O2. The molecule has 7 heteroatoms. The van der Waals surface area contributed by atoms with Gasteiger partial charge in [0.25, 0.3) is 5.91 Å². The highest BCUT2D eigenvalue weighted by Gasteiger charge is 2.15. The van der Waals surface area contributed by atoms with Gasteiger partial charge in [-0.3, -0.25) is 4.79 Å². The SMILES string of the molecule is CCc1ccc(O[C@@H](C)C(=O)Nc2ccc(-n3cnnn3)cc2)cc1. The Morgan fingerprint density at radius 3 is 2.48 bits per heavy atom. The summed E-state index contributed by atoms with van der Waals surface area (Å²) >= 11 is 0. The van der Waals surface area contributed by atoms with E-state index in [0.29, 0.717) is 11.4 Å². The van der Waals surface area contributed by atoms with Crippen molar-refractivity contribution in [3.63, 3.8) is 0 Å². The Morgan fingerprint density at radius 1 is 1.16 bits per heavy atom. The molecule has 1 amide bonds. The first-order chi connectivity index (χ1) is 12.2. The molecule has 1 heterocycles. The van der Waals surface area contributed by atoms with Crippen LogP contribution < -0.4 is 10.1 Å². The van der Waals surface area contributed by atoms with Gasteiger partial charge < -0.3 is 10.1 Å². The Balaban J connectivity index is 1.59. The van der Waals surface area contributed by atoms with Crippen LogP contribution in [0.4, 0.5) is 5.69 Å². The van der Waals surface area contributed by atoms with Gasteiger partial charge in [-0.25, -0.2) is 4.68 Å². The lowest BCUT2D eigenvalue weighted by Gasteiger charge is -2.15. The number of tetrazole rings is 1. The van der Waals surface area contributed by atoms with Gasteiger partial charge in [-0.2, -0.15) is 0 Å². The molecule has 0 aliphatic rings. The summed E-state index contributed by atoms with van der Waals surface area (Å²) in [6, 6.07) is 15.0. The molecule has 1 N–H and O–H groups in total. The van der Waals surface area contributed by atoms with Crippen molar-refractivity contribution in [3.8, 4) is 11.4 Å². The van der Waals surface area contributed by atoms with Gasteiger partial charge in [0.2, 0.25) is 0 Å². The summed E-state index contributed by atoms with van der Waals surface area (Å²) < 4.78 is 7.23. The highest BCUT2D eigenvalue weighted by Crippen LogP contribution is 2.16. The van der Waals surface area contributed by atoms with Crippen LogP contribution in [0.25, 0.3) is 5.69 Å². The molecule has 7 nitrogen and oxygen atoms in total. The average molecular weight is 337 g/mol. The zero-order chi connectivity index (χ0) is 17.6. The minimum atomic E-state index is -0.605. The van der Waals surface area contributed by atoms with E-state index in [1.54, 1.807) is 19.1 Å². The lowest BCUT2D eigenvalue weighted by molar-refractivity contribution is -0.122. The fourth-order valence-corrected chi connectivity index (χ4v) is 2.28. The first-order valence-electron chi connectivity index (χ1n) is 8.05. The molecule has 0 bridgehead atoms. The van der Waals surface area contributed by atoms with Crippen LogP contribution in [0.2, 0.25) is 0 Å². The molecule has 0 spiro atoms. The molecule has 0 aliphatic carbocycles. The molecule has 128 valence electrons. The number of aryl methyl sites for hydroxylation is 1. The number of aromatic nitrogens is 4. The van der Waals surface area contributed by atoms with Gasteiger partial charge in [-0.1, -0.05) is 19.1 Å². The van der Waals surface area contributed by atoms with Crippen molar-refractivity contribution in [2.75, 3.05) is 5.32 Å². The average Bonchev–Trinajstić information content (AvgIpc) is 3.17. The molecule has 1 atom stereocenters. The molecule has 3 rings (SSSR count). The highest BCUT2D eigenvalue weighted by atomic mass is 16.5. The number of carbonyl (C=O) groups excluding carboxylic acids is 1. The minimum Gasteiger partial charge on any atom is -0.481 e. The number of hydrogen-bond donors (Lipinski definition) is 1. The molecule has 0 fully saturated rings. The summed E-state index contributed by atoms with van der Waals surface area (Å²) in [5.74, 6) is 0.462. The van der Waals surface area contributed by atoms with Crippen molar-refractivity contribution in [3.05, 3.63) is 60.4 Å². The Morgan fingerprint density at radius 2 is 1.88 bits per heavy atom. The quantitative estimate of drug-likeness (QED) is 0.748. The standard InChI is InChI=1S/C18H19N5O2/c1-3-14-4-10-17(11-5-14)25-13(2)18(24)20-15-6-8-16(9-7-15)23-12-19-21-22-23/h4-13H,3H2,1-2H3,(H,20,24)/t13-/m0/s1. The smallest absolute Gasteiger partial charge is 0.265 e. The van der Waals surface area contributed by atoms with Gasteiger partial charge in [0, 0.05) is 5.69 Å². The number of nitrogens with zero attached hydrogens (tertiary/aromatic N) is 4. The summed E-state index contributed by atoms with van der Waals surface area (Å²) in [4.78, 5) is 12.3. The van der Waals surface area contributed by atoms with Gasteiger partial charge in [-0.05, 0) is 65.7 Å². The van der Waals surface area contributed by atoms with E-state index in [9.17, 15) is 4.79 Å². The van der Waals surface area contributed by atoms with E-state index >= 15 is 0 Å². The second-order valence-corrected chi connectivity index (χ2v) is 5.55. The van der Waals surface area contributed by atoms with Gasteiger partial charge in [0.05, 0.1) is 5.69 Å². The predicted molar refractivity (Wildman–Crippen MR) is 93.7 cm³/mol. The summed E-state index contributed by atoms with van der Waals surface area (Å²) in [5.41, 5.74) is 2.72. The third-order valence-electron chi connectivity index (χ3n) is 3.76. The van der Waals surface area contributed by atoms with E-state index in [4.69, 9.17) is 4.74 Å². The van der Waals surface area contributed by atoms with Gasteiger partial charge >= 0.3 is 0 Å². The van der Waals surface area contributed by atoms with Gasteiger partial charge in [0.1, 0.15) is 12.1 Å². The summed E-state index contributed by atoms with van der Waals surface area (Å²) in [5, 5.41) is 13.8. The molecule has 3 aromatic rings. The van der Waals surface area contributed by atoms with E-state index in [-0.39, 0.29) is 5.91 Å². The van der Waals surface area contributed by atoms with E-state index in [2.05, 4.69) is 27.8 Å². The fourth-order valence-electron chi connectivity index (χ4n) is 2.28. The summed E-state index contributed by atoms with van der Waals surface area (Å²) in [7, 11) is 0. The number of rotatable bonds is 6. The van der Waals surface area contributed by atoms with E-state index in [1.807, 2.05) is 36.4 Å². The van der Waals surface area contributed by atoms with Crippen LogP contribution in [0.15, 0.2) is 54.9 Å². The number of nitrogens with one attached hydrogen (secondary N) is 1. The second-order valence-electron chi connectivity index (χ2n) is 5.55. The molecule has 0 saturated carbocycles. The van der Waals surface area contributed by atoms with Crippen LogP contribution in [0.3, 0.4) is 0 Å². The summed E-state index contributed by atoms with van der Waals surface area (Å²) in [6.07, 6.45) is 1.87. The Bertz CT molecular complexity index is 814. The number of benzene rings is 2. The van der Waals surface area contributed by atoms with E-state index in [0.717, 1.165) is 12.1 Å². The van der Waals surface area contributed by atoms with Crippen molar-refractivity contribution in [1.82, 2.24) is 20.2 Å². The minimum absolute atomic E-state index is 0.213. The number of carbonyl (C=O) groups is 1. The third kappa shape index (κ3) is 4.20. The van der Waals surface area contributed by atoms with Crippen LogP contribution >= 0.6 is 0 Å². The maximum atomic E-state index is 12.3. The molecule has 0 radical (unpaired) electrons. The topological polar surface area (TPSA) is 81.9 Å². The number of amides is 1. The molecule has 0 unspecified atom stereocenters. The van der Waals surface area contributed by atoms with E-state index < -0.39 is 6.10 Å². The first-order valence-corrected chi connectivity index (χ1v) is 8.05. The molecule has 2 aromatic carbocycles. The van der Waals surface area contributed by atoms with Gasteiger partial charge in [0.15, 0.2) is 6.10 Å². The molecule has 1 aromatic heterocycles. The summed E-state index contributed by atoms with van der Waals surface area (Å²) in [6.45, 7) is 3.81.